The number of hydrogen-bond donors (Lipinski definition) is 1. The van der Waals surface area contributed by atoms with Gasteiger partial charge in [0.05, 0.1) is 5.69 Å². The van der Waals surface area contributed by atoms with E-state index in [-0.39, 0.29) is 17.6 Å². The molecule has 1 aromatic heterocycles. The molecule has 1 fully saturated rings. The van der Waals surface area contributed by atoms with Crippen molar-refractivity contribution in [2.75, 3.05) is 11.9 Å². The van der Waals surface area contributed by atoms with Gasteiger partial charge in [0.15, 0.2) is 11.5 Å². The van der Waals surface area contributed by atoms with Crippen LogP contribution in [-0.4, -0.2) is 22.1 Å². The van der Waals surface area contributed by atoms with Crippen molar-refractivity contribution in [3.8, 4) is 6.07 Å². The minimum Gasteiger partial charge on any atom is -0.381 e. The lowest BCUT2D eigenvalue weighted by Crippen LogP contribution is -2.32. The van der Waals surface area contributed by atoms with Gasteiger partial charge in [-0.2, -0.15) is 10.4 Å². The zero-order valence-electron chi connectivity index (χ0n) is 14.2. The summed E-state index contributed by atoms with van der Waals surface area (Å²) in [5, 5.41) is 16.6. The van der Waals surface area contributed by atoms with E-state index in [1.54, 1.807) is 11.7 Å². The molecule has 1 aromatic carbocycles. The number of hydrogen-bond acceptors (Lipinski definition) is 4. The Bertz CT molecular complexity index is 791. The van der Waals surface area contributed by atoms with E-state index in [0.29, 0.717) is 12.2 Å². The van der Waals surface area contributed by atoms with Gasteiger partial charge in [0.25, 0.3) is 0 Å². The summed E-state index contributed by atoms with van der Waals surface area (Å²) in [4.78, 5) is 12.9. The van der Waals surface area contributed by atoms with E-state index in [1.807, 2.05) is 30.5 Å². The second kappa shape index (κ2) is 7.83. The van der Waals surface area contributed by atoms with Gasteiger partial charge in [0, 0.05) is 35.7 Å². The normalized spacial score (nSPS) is 20.0. The second-order valence-corrected chi connectivity index (χ2v) is 7.50. The van der Waals surface area contributed by atoms with Gasteiger partial charge < -0.3 is 5.32 Å². The van der Waals surface area contributed by atoms with Gasteiger partial charge in [-0.25, -0.2) is 0 Å². The summed E-state index contributed by atoms with van der Waals surface area (Å²) in [5.74, 6) is 0.534. The van der Waals surface area contributed by atoms with Crippen LogP contribution in [0.4, 0.5) is 5.69 Å². The van der Waals surface area contributed by atoms with E-state index < -0.39 is 0 Å². The van der Waals surface area contributed by atoms with Gasteiger partial charge in [-0.15, -0.1) is 0 Å². The van der Waals surface area contributed by atoms with Crippen molar-refractivity contribution in [2.45, 2.75) is 25.7 Å². The summed E-state index contributed by atoms with van der Waals surface area (Å²) >= 11 is 3.41. The van der Waals surface area contributed by atoms with Crippen LogP contribution in [0.15, 0.2) is 34.9 Å². The van der Waals surface area contributed by atoms with E-state index in [0.717, 1.165) is 41.4 Å². The highest BCUT2D eigenvalue weighted by atomic mass is 79.9. The largest absolute Gasteiger partial charge is 0.381 e. The zero-order valence-corrected chi connectivity index (χ0v) is 15.8. The highest BCUT2D eigenvalue weighted by Gasteiger charge is 2.31. The van der Waals surface area contributed by atoms with Crippen LogP contribution >= 0.6 is 15.9 Å². The van der Waals surface area contributed by atoms with Crippen LogP contribution in [0.2, 0.25) is 0 Å². The Labute approximate surface area is 156 Å². The molecule has 1 N–H and O–H groups in total. The number of benzene rings is 1. The van der Waals surface area contributed by atoms with Gasteiger partial charge in [0.2, 0.25) is 0 Å². The number of anilines is 1. The summed E-state index contributed by atoms with van der Waals surface area (Å²) in [7, 11) is 1.80. The Morgan fingerprint density at radius 2 is 2.08 bits per heavy atom. The topological polar surface area (TPSA) is 70.7 Å². The monoisotopic (exact) mass is 400 g/mol. The molecule has 0 saturated heterocycles. The molecule has 0 spiro atoms. The number of nitriles is 1. The van der Waals surface area contributed by atoms with Crippen LogP contribution in [-0.2, 0) is 7.05 Å². The van der Waals surface area contributed by atoms with Crippen LogP contribution in [0.25, 0.3) is 0 Å². The molecule has 130 valence electrons. The summed E-state index contributed by atoms with van der Waals surface area (Å²) < 4.78 is 2.61. The molecule has 0 aliphatic heterocycles. The summed E-state index contributed by atoms with van der Waals surface area (Å²) in [6.07, 6.45) is 6.02. The molecule has 2 unspecified atom stereocenters. The number of rotatable bonds is 5. The molecule has 0 amide bonds. The van der Waals surface area contributed by atoms with Gasteiger partial charge in [-0.05, 0) is 30.9 Å². The van der Waals surface area contributed by atoms with E-state index in [9.17, 15) is 4.79 Å². The molecule has 3 rings (SSSR count). The highest BCUT2D eigenvalue weighted by Crippen LogP contribution is 2.33. The zero-order chi connectivity index (χ0) is 17.8. The summed E-state index contributed by atoms with van der Waals surface area (Å²) in [6.45, 7) is 0.688. The van der Waals surface area contributed by atoms with Crippen molar-refractivity contribution in [3.63, 3.8) is 0 Å². The minimum absolute atomic E-state index is 0.0321. The van der Waals surface area contributed by atoms with Gasteiger partial charge in [-0.1, -0.05) is 40.9 Å². The summed E-state index contributed by atoms with van der Waals surface area (Å²) in [6, 6.07) is 9.71. The molecule has 1 heterocycles. The van der Waals surface area contributed by atoms with Crippen molar-refractivity contribution < 1.29 is 4.79 Å². The van der Waals surface area contributed by atoms with Gasteiger partial charge in [0.1, 0.15) is 6.07 Å². The second-order valence-electron chi connectivity index (χ2n) is 6.58. The first-order valence-electron chi connectivity index (χ1n) is 8.56. The molecular weight excluding hydrogens is 380 g/mol. The molecular formula is C19H21BrN4O. The fraction of sp³-hybridized carbons (Fsp3) is 0.421. The van der Waals surface area contributed by atoms with Crippen molar-refractivity contribution in [1.29, 1.82) is 5.26 Å². The third-order valence-corrected chi connectivity index (χ3v) is 5.39. The lowest BCUT2D eigenvalue weighted by atomic mass is 9.75. The van der Waals surface area contributed by atoms with Gasteiger partial charge >= 0.3 is 0 Å². The highest BCUT2D eigenvalue weighted by molar-refractivity contribution is 9.10. The molecule has 1 saturated carbocycles. The fourth-order valence-electron chi connectivity index (χ4n) is 3.57. The molecule has 0 radical (unpaired) electrons. The van der Waals surface area contributed by atoms with Crippen LogP contribution in [0, 0.1) is 23.2 Å². The Kier molecular flexibility index (Phi) is 5.54. The third-order valence-electron chi connectivity index (χ3n) is 4.86. The number of carbonyl (C=O) groups excluding carboxylic acids is 1. The Morgan fingerprint density at radius 1 is 1.36 bits per heavy atom. The van der Waals surface area contributed by atoms with Crippen molar-refractivity contribution in [3.05, 3.63) is 46.2 Å². The van der Waals surface area contributed by atoms with E-state index in [1.165, 1.54) is 0 Å². The van der Waals surface area contributed by atoms with Crippen molar-refractivity contribution in [2.24, 2.45) is 18.9 Å². The molecule has 2 atom stereocenters. The molecule has 6 heteroatoms. The van der Waals surface area contributed by atoms with E-state index in [4.69, 9.17) is 5.26 Å². The first kappa shape index (κ1) is 17.7. The predicted molar refractivity (Wildman–Crippen MR) is 100 cm³/mol. The average Bonchev–Trinajstić information content (AvgIpc) is 3.00. The Balaban J connectivity index is 1.71. The van der Waals surface area contributed by atoms with Crippen LogP contribution < -0.4 is 5.32 Å². The minimum atomic E-state index is 0.0321. The summed E-state index contributed by atoms with van der Waals surface area (Å²) in [5.41, 5.74) is 1.92. The Morgan fingerprint density at radius 3 is 2.80 bits per heavy atom. The van der Waals surface area contributed by atoms with Crippen molar-refractivity contribution in [1.82, 2.24) is 9.78 Å². The number of halogens is 1. The van der Waals surface area contributed by atoms with Crippen LogP contribution in [0.1, 0.15) is 41.7 Å². The predicted octanol–water partition coefficient (Wildman–Crippen LogP) is 4.16. The maximum absolute atomic E-state index is 12.9. The third kappa shape index (κ3) is 4.10. The lowest BCUT2D eigenvalue weighted by Gasteiger charge is -2.31. The molecule has 5 nitrogen and oxygen atoms in total. The van der Waals surface area contributed by atoms with Crippen LogP contribution in [0.3, 0.4) is 0 Å². The number of aromatic nitrogens is 2. The van der Waals surface area contributed by atoms with Gasteiger partial charge in [-0.3, -0.25) is 9.48 Å². The smallest absolute Gasteiger partial charge is 0.185 e. The number of nitrogens with one attached hydrogen (secondary N) is 1. The SMILES string of the molecule is Cn1cc(NCC2CCCCC2C(=O)c2ccc(Br)cc2)c(C#N)n1. The number of nitrogens with zero attached hydrogens (tertiary/aromatic N) is 3. The first-order chi connectivity index (χ1) is 12.1. The Hall–Kier alpha value is -2.13. The fourth-order valence-corrected chi connectivity index (χ4v) is 3.83. The quantitative estimate of drug-likeness (QED) is 0.764. The first-order valence-corrected chi connectivity index (χ1v) is 9.35. The lowest BCUT2D eigenvalue weighted by molar-refractivity contribution is 0.0833. The number of Topliss-reactive ketones (excluding diaryl/α,β-unsaturated/α-hetero) is 1. The molecule has 1 aliphatic carbocycles. The van der Waals surface area contributed by atoms with Crippen LogP contribution in [0.5, 0.6) is 0 Å². The van der Waals surface area contributed by atoms with E-state index >= 15 is 0 Å². The number of ketones is 1. The molecule has 0 bridgehead atoms. The van der Waals surface area contributed by atoms with E-state index in [2.05, 4.69) is 32.4 Å². The number of aryl methyl sites for hydroxylation is 1. The maximum atomic E-state index is 12.9. The standard InChI is InChI=1S/C19H21BrN4O/c1-24-12-18(17(10-21)23-24)22-11-14-4-2-3-5-16(14)19(25)13-6-8-15(20)9-7-13/h6-9,12,14,16,22H,2-5,11H2,1H3. The average molecular weight is 401 g/mol. The molecule has 2 aromatic rings. The molecule has 1 aliphatic rings. The molecule has 25 heavy (non-hydrogen) atoms. The maximum Gasteiger partial charge on any atom is 0.185 e. The number of carbonyl (C=O) groups is 1. The van der Waals surface area contributed by atoms with Crippen molar-refractivity contribution >= 4 is 27.4 Å².